The molecule has 0 aliphatic carbocycles. The van der Waals surface area contributed by atoms with Crippen LogP contribution in [0.4, 0.5) is 0 Å². The van der Waals surface area contributed by atoms with Gasteiger partial charge in [-0.2, -0.15) is 0 Å². The number of hydrogen-bond acceptors (Lipinski definition) is 4. The first-order valence-electron chi connectivity index (χ1n) is 6.73. The van der Waals surface area contributed by atoms with Crippen molar-refractivity contribution in [2.75, 3.05) is 18.9 Å². The molecule has 6 heteroatoms. The molecule has 1 fully saturated rings. The Kier molecular flexibility index (Phi) is 5.38. The molecule has 2 atom stereocenters. The van der Waals surface area contributed by atoms with E-state index in [1.165, 1.54) is 6.92 Å². The maximum Gasteiger partial charge on any atom is 0.238 e. The summed E-state index contributed by atoms with van der Waals surface area (Å²) in [4.78, 5) is 11.9. The molecular weight excluding hydrogens is 266 g/mol. The molecule has 1 aliphatic rings. The van der Waals surface area contributed by atoms with Crippen LogP contribution in [0.1, 0.15) is 40.5 Å². The van der Waals surface area contributed by atoms with Gasteiger partial charge in [0.2, 0.25) is 5.91 Å². The minimum Gasteiger partial charge on any atom is -0.376 e. The van der Waals surface area contributed by atoms with Gasteiger partial charge in [-0.25, -0.2) is 8.42 Å². The van der Waals surface area contributed by atoms with Gasteiger partial charge < -0.3 is 10.1 Å². The van der Waals surface area contributed by atoms with Crippen molar-refractivity contribution in [3.63, 3.8) is 0 Å². The number of hydrogen-bond donors (Lipinski definition) is 1. The SMILES string of the molecule is C[C@@H](C(=O)NC[C@H]1CCCO1)S(=O)(=O)CC(C)(C)C. The zero-order valence-corrected chi connectivity index (χ0v) is 13.0. The topological polar surface area (TPSA) is 72.5 Å². The van der Waals surface area contributed by atoms with Crippen molar-refractivity contribution >= 4 is 15.7 Å². The molecule has 0 spiro atoms. The Morgan fingerprint density at radius 3 is 2.53 bits per heavy atom. The van der Waals surface area contributed by atoms with E-state index in [-0.39, 0.29) is 17.3 Å². The normalized spacial score (nSPS) is 22.2. The summed E-state index contributed by atoms with van der Waals surface area (Å²) in [7, 11) is -3.42. The second-order valence-electron chi connectivity index (χ2n) is 6.39. The molecule has 1 amide bonds. The molecule has 112 valence electrons. The van der Waals surface area contributed by atoms with Crippen LogP contribution in [0.3, 0.4) is 0 Å². The Hall–Kier alpha value is -0.620. The van der Waals surface area contributed by atoms with E-state index < -0.39 is 21.0 Å². The zero-order chi connectivity index (χ0) is 14.7. The molecule has 0 unspecified atom stereocenters. The number of carbonyl (C=O) groups is 1. The maximum absolute atomic E-state index is 12.1. The first-order chi connectivity index (χ1) is 8.62. The van der Waals surface area contributed by atoms with Gasteiger partial charge in [0.25, 0.3) is 0 Å². The number of nitrogens with one attached hydrogen (secondary N) is 1. The molecule has 19 heavy (non-hydrogen) atoms. The molecule has 0 bridgehead atoms. The lowest BCUT2D eigenvalue weighted by Gasteiger charge is -2.21. The largest absolute Gasteiger partial charge is 0.376 e. The van der Waals surface area contributed by atoms with Crippen LogP contribution in [0.5, 0.6) is 0 Å². The molecule has 1 heterocycles. The van der Waals surface area contributed by atoms with E-state index in [1.54, 1.807) is 0 Å². The highest BCUT2D eigenvalue weighted by Crippen LogP contribution is 2.19. The molecule has 1 N–H and O–H groups in total. The van der Waals surface area contributed by atoms with Gasteiger partial charge in [0.1, 0.15) is 5.25 Å². The molecule has 1 rings (SSSR count). The number of sulfone groups is 1. The summed E-state index contributed by atoms with van der Waals surface area (Å²) in [5.74, 6) is -0.422. The van der Waals surface area contributed by atoms with Crippen molar-refractivity contribution in [2.45, 2.75) is 51.9 Å². The molecule has 0 aromatic rings. The molecule has 0 aromatic heterocycles. The van der Waals surface area contributed by atoms with E-state index in [0.717, 1.165) is 19.4 Å². The Balaban J connectivity index is 2.50. The van der Waals surface area contributed by atoms with Gasteiger partial charge in [0.15, 0.2) is 9.84 Å². The highest BCUT2D eigenvalue weighted by atomic mass is 32.2. The molecule has 0 saturated carbocycles. The van der Waals surface area contributed by atoms with Gasteiger partial charge in [-0.1, -0.05) is 20.8 Å². The summed E-state index contributed by atoms with van der Waals surface area (Å²) >= 11 is 0. The monoisotopic (exact) mass is 291 g/mol. The van der Waals surface area contributed by atoms with Gasteiger partial charge in [0, 0.05) is 13.2 Å². The van der Waals surface area contributed by atoms with Crippen LogP contribution < -0.4 is 5.32 Å². The molecule has 0 radical (unpaired) electrons. The minimum absolute atomic E-state index is 0.00845. The average Bonchev–Trinajstić information content (AvgIpc) is 2.74. The Bertz CT molecular complexity index is 405. The number of carbonyl (C=O) groups excluding carboxylic acids is 1. The van der Waals surface area contributed by atoms with Crippen molar-refractivity contribution in [2.24, 2.45) is 5.41 Å². The van der Waals surface area contributed by atoms with Crippen LogP contribution >= 0.6 is 0 Å². The zero-order valence-electron chi connectivity index (χ0n) is 12.2. The van der Waals surface area contributed by atoms with Crippen molar-refractivity contribution in [3.05, 3.63) is 0 Å². The van der Waals surface area contributed by atoms with Crippen molar-refractivity contribution in [1.82, 2.24) is 5.32 Å². The first-order valence-corrected chi connectivity index (χ1v) is 8.44. The minimum atomic E-state index is -3.42. The predicted octanol–water partition coefficient (Wildman–Crippen LogP) is 1.13. The summed E-state index contributed by atoms with van der Waals surface area (Å²) < 4.78 is 29.6. The average molecular weight is 291 g/mol. The number of rotatable bonds is 5. The molecule has 5 nitrogen and oxygen atoms in total. The fraction of sp³-hybridized carbons (Fsp3) is 0.923. The lowest BCUT2D eigenvalue weighted by molar-refractivity contribution is -0.120. The fourth-order valence-electron chi connectivity index (χ4n) is 2.06. The Labute approximate surface area is 116 Å². The van der Waals surface area contributed by atoms with Crippen LogP contribution in [0.2, 0.25) is 0 Å². The third-order valence-electron chi connectivity index (χ3n) is 3.07. The van der Waals surface area contributed by atoms with E-state index in [4.69, 9.17) is 4.74 Å². The van der Waals surface area contributed by atoms with E-state index in [9.17, 15) is 13.2 Å². The van der Waals surface area contributed by atoms with Crippen LogP contribution in [-0.4, -0.2) is 44.6 Å². The molecular formula is C13H25NO4S. The highest BCUT2D eigenvalue weighted by molar-refractivity contribution is 7.92. The summed E-state index contributed by atoms with van der Waals surface area (Å²) in [5, 5.41) is 1.67. The lowest BCUT2D eigenvalue weighted by atomic mass is 10.0. The third-order valence-corrected chi connectivity index (χ3v) is 5.63. The van der Waals surface area contributed by atoms with Crippen LogP contribution in [0.25, 0.3) is 0 Å². The standard InChI is InChI=1S/C13H25NO4S/c1-10(19(16,17)9-13(2,3)4)12(15)14-8-11-6-5-7-18-11/h10-11H,5-9H2,1-4H3,(H,14,15)/t10-,11+/m0/s1. The van der Waals surface area contributed by atoms with Crippen molar-refractivity contribution < 1.29 is 17.9 Å². The number of ether oxygens (including phenoxy) is 1. The maximum atomic E-state index is 12.1. The summed E-state index contributed by atoms with van der Waals surface area (Å²) in [6.07, 6.45) is 1.95. The smallest absolute Gasteiger partial charge is 0.238 e. The van der Waals surface area contributed by atoms with E-state index in [0.29, 0.717) is 6.54 Å². The Morgan fingerprint density at radius 2 is 2.05 bits per heavy atom. The number of amides is 1. The summed E-state index contributed by atoms with van der Waals surface area (Å²) in [6.45, 7) is 8.11. The Morgan fingerprint density at radius 1 is 1.42 bits per heavy atom. The second-order valence-corrected chi connectivity index (χ2v) is 8.71. The van der Waals surface area contributed by atoms with Gasteiger partial charge in [0.05, 0.1) is 11.9 Å². The van der Waals surface area contributed by atoms with Crippen molar-refractivity contribution in [1.29, 1.82) is 0 Å². The van der Waals surface area contributed by atoms with E-state index >= 15 is 0 Å². The van der Waals surface area contributed by atoms with E-state index in [1.807, 2.05) is 20.8 Å². The van der Waals surface area contributed by atoms with Gasteiger partial charge in [-0.15, -0.1) is 0 Å². The summed E-state index contributed by atoms with van der Waals surface area (Å²) in [6, 6.07) is 0. The third kappa shape index (κ3) is 5.48. The molecule has 1 saturated heterocycles. The molecule has 0 aromatic carbocycles. The van der Waals surface area contributed by atoms with Crippen LogP contribution in [0, 0.1) is 5.41 Å². The predicted molar refractivity (Wildman–Crippen MR) is 74.7 cm³/mol. The van der Waals surface area contributed by atoms with Crippen LogP contribution in [-0.2, 0) is 19.4 Å². The highest BCUT2D eigenvalue weighted by Gasteiger charge is 2.32. The first kappa shape index (κ1) is 16.4. The van der Waals surface area contributed by atoms with Gasteiger partial charge in [-0.3, -0.25) is 4.79 Å². The lowest BCUT2D eigenvalue weighted by Crippen LogP contribution is -2.43. The second kappa shape index (κ2) is 6.22. The molecule has 1 aliphatic heterocycles. The van der Waals surface area contributed by atoms with Crippen LogP contribution in [0.15, 0.2) is 0 Å². The van der Waals surface area contributed by atoms with Gasteiger partial charge >= 0.3 is 0 Å². The quantitative estimate of drug-likeness (QED) is 0.824. The fourth-order valence-corrected chi connectivity index (χ4v) is 3.92. The van der Waals surface area contributed by atoms with Gasteiger partial charge in [-0.05, 0) is 25.2 Å². The van der Waals surface area contributed by atoms with Crippen molar-refractivity contribution in [3.8, 4) is 0 Å². The summed E-state index contributed by atoms with van der Waals surface area (Å²) in [5.41, 5.74) is -0.345. The van der Waals surface area contributed by atoms with E-state index in [2.05, 4.69) is 5.32 Å².